The van der Waals surface area contributed by atoms with Gasteiger partial charge >= 0.3 is 0 Å². The standard InChI is InChI=1S/C20H27FN4O2/c1-13(2)18-22-19(27-23-18)14-9-11-25(12-10-14)20(26)17(24(3)4)15-7-5-6-8-16(15)21/h5-8,13-14,17H,9-12H2,1-4H3. The van der Waals surface area contributed by atoms with E-state index in [0.717, 1.165) is 18.7 Å². The molecule has 0 aliphatic carbocycles. The second-order valence-electron chi connectivity index (χ2n) is 7.63. The number of halogens is 1. The van der Waals surface area contributed by atoms with Gasteiger partial charge in [0.25, 0.3) is 0 Å². The maximum absolute atomic E-state index is 14.3. The number of piperidine rings is 1. The molecular weight excluding hydrogens is 347 g/mol. The lowest BCUT2D eigenvalue weighted by atomic mass is 9.95. The Bertz CT molecular complexity index is 782. The SMILES string of the molecule is CC(C)c1noc(C2CCN(C(=O)C(c3ccccc3F)N(C)C)CC2)n1. The molecule has 1 amide bonds. The van der Waals surface area contributed by atoms with Crippen LogP contribution in [-0.2, 0) is 4.79 Å². The first-order valence-electron chi connectivity index (χ1n) is 9.41. The molecule has 7 heteroatoms. The summed E-state index contributed by atoms with van der Waals surface area (Å²) in [5, 5.41) is 4.03. The van der Waals surface area contributed by atoms with Crippen LogP contribution in [0.5, 0.6) is 0 Å². The maximum atomic E-state index is 14.3. The number of nitrogens with zero attached hydrogens (tertiary/aromatic N) is 4. The van der Waals surface area contributed by atoms with Gasteiger partial charge in [-0.05, 0) is 33.0 Å². The van der Waals surface area contributed by atoms with Crippen LogP contribution in [0.15, 0.2) is 28.8 Å². The summed E-state index contributed by atoms with van der Waals surface area (Å²) in [6.45, 7) is 5.25. The molecule has 1 unspecified atom stereocenters. The van der Waals surface area contributed by atoms with Crippen molar-refractivity contribution >= 4 is 5.91 Å². The van der Waals surface area contributed by atoms with E-state index < -0.39 is 6.04 Å². The monoisotopic (exact) mass is 374 g/mol. The lowest BCUT2D eigenvalue weighted by Gasteiger charge is -2.35. The highest BCUT2D eigenvalue weighted by Gasteiger charge is 2.33. The molecule has 3 rings (SSSR count). The number of benzene rings is 1. The summed E-state index contributed by atoms with van der Waals surface area (Å²) in [5.74, 6) is 1.34. The zero-order chi connectivity index (χ0) is 19.6. The fourth-order valence-corrected chi connectivity index (χ4v) is 3.50. The first-order chi connectivity index (χ1) is 12.9. The Kier molecular flexibility index (Phi) is 5.89. The molecule has 0 radical (unpaired) electrons. The van der Waals surface area contributed by atoms with Crippen molar-refractivity contribution in [3.8, 4) is 0 Å². The highest BCUT2D eigenvalue weighted by atomic mass is 19.1. The van der Waals surface area contributed by atoms with E-state index in [9.17, 15) is 9.18 Å². The van der Waals surface area contributed by atoms with Gasteiger partial charge in [0.15, 0.2) is 5.82 Å². The van der Waals surface area contributed by atoms with Gasteiger partial charge < -0.3 is 9.42 Å². The van der Waals surface area contributed by atoms with Crippen molar-refractivity contribution in [1.29, 1.82) is 0 Å². The Labute approximate surface area is 159 Å². The Morgan fingerprint density at radius 2 is 1.93 bits per heavy atom. The third-order valence-corrected chi connectivity index (χ3v) is 5.08. The quantitative estimate of drug-likeness (QED) is 0.803. The topological polar surface area (TPSA) is 62.5 Å². The number of carbonyl (C=O) groups excluding carboxylic acids is 1. The summed E-state index contributed by atoms with van der Waals surface area (Å²) < 4.78 is 19.7. The molecule has 1 saturated heterocycles. The van der Waals surface area contributed by atoms with E-state index >= 15 is 0 Å². The van der Waals surface area contributed by atoms with Crippen LogP contribution in [0.1, 0.15) is 61.8 Å². The molecule has 0 spiro atoms. The number of hydrogen-bond acceptors (Lipinski definition) is 5. The molecular formula is C20H27FN4O2. The minimum atomic E-state index is -0.626. The van der Waals surface area contributed by atoms with Gasteiger partial charge in [-0.25, -0.2) is 4.39 Å². The van der Waals surface area contributed by atoms with Crippen molar-refractivity contribution in [2.24, 2.45) is 0 Å². The summed E-state index contributed by atoms with van der Waals surface area (Å²) in [6, 6.07) is 5.84. The van der Waals surface area contributed by atoms with Crippen LogP contribution in [0, 0.1) is 5.82 Å². The van der Waals surface area contributed by atoms with E-state index in [0.29, 0.717) is 24.5 Å². The van der Waals surface area contributed by atoms with Gasteiger partial charge in [0, 0.05) is 30.5 Å². The number of rotatable bonds is 5. The lowest BCUT2D eigenvalue weighted by molar-refractivity contribution is -0.137. The molecule has 2 aromatic rings. The predicted octanol–water partition coefficient (Wildman–Crippen LogP) is 3.34. The number of hydrogen-bond donors (Lipinski definition) is 0. The van der Waals surface area contributed by atoms with Crippen LogP contribution in [0.2, 0.25) is 0 Å². The number of likely N-dealkylation sites (N-methyl/N-ethyl adjacent to an activating group) is 1. The molecule has 1 aliphatic heterocycles. The number of likely N-dealkylation sites (tertiary alicyclic amines) is 1. The van der Waals surface area contributed by atoms with Crippen molar-refractivity contribution in [3.63, 3.8) is 0 Å². The summed E-state index contributed by atoms with van der Waals surface area (Å²) in [5.41, 5.74) is 0.410. The minimum Gasteiger partial charge on any atom is -0.341 e. The van der Waals surface area contributed by atoms with E-state index in [-0.39, 0.29) is 23.6 Å². The van der Waals surface area contributed by atoms with E-state index in [4.69, 9.17) is 4.52 Å². The molecule has 1 atom stereocenters. The summed E-state index contributed by atoms with van der Waals surface area (Å²) in [4.78, 5) is 21.2. The fourth-order valence-electron chi connectivity index (χ4n) is 3.50. The molecule has 0 saturated carbocycles. The molecule has 1 aliphatic rings. The van der Waals surface area contributed by atoms with Gasteiger partial charge in [0.2, 0.25) is 11.8 Å². The van der Waals surface area contributed by atoms with Gasteiger partial charge in [-0.1, -0.05) is 37.2 Å². The lowest BCUT2D eigenvalue weighted by Crippen LogP contribution is -2.44. The molecule has 1 fully saturated rings. The van der Waals surface area contributed by atoms with Crippen LogP contribution in [0.25, 0.3) is 0 Å². The Balaban J connectivity index is 1.68. The second-order valence-corrected chi connectivity index (χ2v) is 7.63. The largest absolute Gasteiger partial charge is 0.341 e. The fraction of sp³-hybridized carbons (Fsp3) is 0.550. The molecule has 2 heterocycles. The van der Waals surface area contributed by atoms with E-state index in [2.05, 4.69) is 10.1 Å². The number of amides is 1. The van der Waals surface area contributed by atoms with E-state index in [1.54, 1.807) is 37.2 Å². The first kappa shape index (κ1) is 19.5. The highest BCUT2D eigenvalue weighted by Crippen LogP contribution is 2.30. The van der Waals surface area contributed by atoms with Crippen LogP contribution in [0.4, 0.5) is 4.39 Å². The van der Waals surface area contributed by atoms with Gasteiger partial charge in [-0.2, -0.15) is 4.98 Å². The van der Waals surface area contributed by atoms with Crippen molar-refractivity contribution < 1.29 is 13.7 Å². The van der Waals surface area contributed by atoms with Gasteiger partial charge in [-0.3, -0.25) is 9.69 Å². The molecule has 27 heavy (non-hydrogen) atoms. The molecule has 0 N–H and O–H groups in total. The van der Waals surface area contributed by atoms with Gasteiger partial charge in [0.1, 0.15) is 11.9 Å². The van der Waals surface area contributed by atoms with Crippen molar-refractivity contribution in [3.05, 3.63) is 47.4 Å². The summed E-state index contributed by atoms with van der Waals surface area (Å²) in [7, 11) is 3.60. The number of aromatic nitrogens is 2. The third-order valence-electron chi connectivity index (χ3n) is 5.08. The van der Waals surface area contributed by atoms with Crippen molar-refractivity contribution in [2.75, 3.05) is 27.2 Å². The normalized spacial score (nSPS) is 16.9. The Morgan fingerprint density at radius 1 is 1.26 bits per heavy atom. The average molecular weight is 374 g/mol. The van der Waals surface area contributed by atoms with Crippen LogP contribution in [-0.4, -0.2) is 53.0 Å². The van der Waals surface area contributed by atoms with E-state index in [1.807, 2.05) is 18.7 Å². The molecule has 1 aromatic carbocycles. The predicted molar refractivity (Wildman–Crippen MR) is 99.8 cm³/mol. The zero-order valence-corrected chi connectivity index (χ0v) is 16.4. The van der Waals surface area contributed by atoms with Crippen LogP contribution in [0.3, 0.4) is 0 Å². The molecule has 1 aromatic heterocycles. The van der Waals surface area contributed by atoms with Crippen LogP contribution < -0.4 is 0 Å². The van der Waals surface area contributed by atoms with E-state index in [1.165, 1.54) is 6.07 Å². The van der Waals surface area contributed by atoms with Gasteiger partial charge in [-0.15, -0.1) is 0 Å². The second kappa shape index (κ2) is 8.17. The molecule has 6 nitrogen and oxygen atoms in total. The zero-order valence-electron chi connectivity index (χ0n) is 16.4. The molecule has 146 valence electrons. The van der Waals surface area contributed by atoms with Crippen molar-refractivity contribution in [1.82, 2.24) is 19.9 Å². The first-order valence-corrected chi connectivity index (χ1v) is 9.41. The third kappa shape index (κ3) is 4.18. The number of carbonyl (C=O) groups is 1. The van der Waals surface area contributed by atoms with Gasteiger partial charge in [0.05, 0.1) is 0 Å². The maximum Gasteiger partial charge on any atom is 0.244 e. The summed E-state index contributed by atoms with van der Waals surface area (Å²) in [6.07, 6.45) is 1.53. The smallest absolute Gasteiger partial charge is 0.244 e. The summed E-state index contributed by atoms with van der Waals surface area (Å²) >= 11 is 0. The molecule has 0 bridgehead atoms. The van der Waals surface area contributed by atoms with Crippen molar-refractivity contribution in [2.45, 2.75) is 44.6 Å². The Morgan fingerprint density at radius 3 is 2.48 bits per heavy atom. The average Bonchev–Trinajstić information content (AvgIpc) is 3.14. The highest BCUT2D eigenvalue weighted by molar-refractivity contribution is 5.83. The minimum absolute atomic E-state index is 0.0723. The van der Waals surface area contributed by atoms with Crippen LogP contribution >= 0.6 is 0 Å². The Hall–Kier alpha value is -2.28.